The molecule has 0 aromatic rings. The summed E-state index contributed by atoms with van der Waals surface area (Å²) in [5, 5.41) is 0. The van der Waals surface area contributed by atoms with Crippen molar-refractivity contribution in [3.05, 3.63) is 0 Å². The van der Waals surface area contributed by atoms with Crippen LogP contribution in [0.2, 0.25) is 0 Å². The van der Waals surface area contributed by atoms with Crippen molar-refractivity contribution in [1.29, 1.82) is 0 Å². The molecular weight excluding hydrogens is 260 g/mol. The Hall–Kier alpha value is 0.360. The van der Waals surface area contributed by atoms with Gasteiger partial charge in [-0.05, 0) is 19.8 Å². The molecule has 0 spiro atoms. The van der Waals surface area contributed by atoms with Gasteiger partial charge in [0, 0.05) is 18.0 Å². The highest BCUT2D eigenvalue weighted by atomic mass is 79.9. The van der Waals surface area contributed by atoms with Crippen molar-refractivity contribution >= 4 is 15.9 Å². The van der Waals surface area contributed by atoms with E-state index >= 15 is 0 Å². The van der Waals surface area contributed by atoms with Crippen LogP contribution in [0.1, 0.15) is 26.7 Å². The summed E-state index contributed by atoms with van der Waals surface area (Å²) in [4.78, 5) is 0.457. The second kappa shape index (κ2) is 7.60. The van der Waals surface area contributed by atoms with Crippen LogP contribution in [0.25, 0.3) is 0 Å². The number of rotatable bonds is 8. The lowest BCUT2D eigenvalue weighted by atomic mass is 9.91. The minimum atomic E-state index is 0.223. The largest absolute Gasteiger partial charge is 0.379 e. The molecule has 0 saturated heterocycles. The van der Waals surface area contributed by atoms with Gasteiger partial charge in [-0.1, -0.05) is 22.9 Å². The smallest absolute Gasteiger partial charge is 0.0962 e. The molecular formula is C11H21BrO3. The summed E-state index contributed by atoms with van der Waals surface area (Å²) in [7, 11) is 0. The summed E-state index contributed by atoms with van der Waals surface area (Å²) in [5.74, 6) is 0. The predicted molar refractivity (Wildman–Crippen MR) is 63.6 cm³/mol. The van der Waals surface area contributed by atoms with Gasteiger partial charge in [0.15, 0.2) is 0 Å². The fourth-order valence-electron chi connectivity index (χ4n) is 1.60. The van der Waals surface area contributed by atoms with Crippen LogP contribution in [0.3, 0.4) is 0 Å². The third-order valence-electron chi connectivity index (χ3n) is 2.45. The van der Waals surface area contributed by atoms with Crippen molar-refractivity contribution < 1.29 is 14.2 Å². The van der Waals surface area contributed by atoms with E-state index < -0.39 is 0 Å². The van der Waals surface area contributed by atoms with Gasteiger partial charge in [-0.2, -0.15) is 0 Å². The van der Waals surface area contributed by atoms with Crippen molar-refractivity contribution in [1.82, 2.24) is 0 Å². The van der Waals surface area contributed by atoms with Crippen LogP contribution in [0, 0.1) is 0 Å². The van der Waals surface area contributed by atoms with E-state index in [4.69, 9.17) is 14.2 Å². The number of hydrogen-bond donors (Lipinski definition) is 0. The Morgan fingerprint density at radius 3 is 2.53 bits per heavy atom. The van der Waals surface area contributed by atoms with Crippen molar-refractivity contribution in [2.45, 2.75) is 43.7 Å². The van der Waals surface area contributed by atoms with E-state index in [1.54, 1.807) is 0 Å². The number of halogens is 1. The van der Waals surface area contributed by atoms with E-state index in [9.17, 15) is 0 Å². The SMILES string of the molecule is CCCOCCOC1CC(Br)C1OCC. The van der Waals surface area contributed by atoms with E-state index in [2.05, 4.69) is 22.9 Å². The molecule has 0 bridgehead atoms. The number of ether oxygens (including phenoxy) is 3. The summed E-state index contributed by atoms with van der Waals surface area (Å²) in [6, 6.07) is 0. The monoisotopic (exact) mass is 280 g/mol. The van der Waals surface area contributed by atoms with Crippen LogP contribution in [-0.4, -0.2) is 43.5 Å². The van der Waals surface area contributed by atoms with Gasteiger partial charge >= 0.3 is 0 Å². The van der Waals surface area contributed by atoms with E-state index in [0.29, 0.717) is 18.0 Å². The molecule has 3 atom stereocenters. The summed E-state index contributed by atoms with van der Waals surface area (Å²) in [6.07, 6.45) is 2.58. The molecule has 0 heterocycles. The lowest BCUT2D eigenvalue weighted by Crippen LogP contribution is -2.51. The molecule has 1 aliphatic carbocycles. The predicted octanol–water partition coefficient (Wildman–Crippen LogP) is 2.37. The molecule has 0 aliphatic heterocycles. The fraction of sp³-hybridized carbons (Fsp3) is 1.00. The zero-order chi connectivity index (χ0) is 11.1. The molecule has 0 aromatic carbocycles. The number of alkyl halides is 1. The normalized spacial score (nSPS) is 30.2. The molecule has 3 nitrogen and oxygen atoms in total. The van der Waals surface area contributed by atoms with E-state index in [0.717, 1.165) is 26.1 Å². The lowest BCUT2D eigenvalue weighted by molar-refractivity contribution is -0.126. The van der Waals surface area contributed by atoms with Crippen molar-refractivity contribution in [2.24, 2.45) is 0 Å². The molecule has 0 aromatic heterocycles. The zero-order valence-corrected chi connectivity index (χ0v) is 11.2. The van der Waals surface area contributed by atoms with Crippen LogP contribution in [0.15, 0.2) is 0 Å². The first kappa shape index (κ1) is 13.4. The van der Waals surface area contributed by atoms with Gasteiger partial charge in [-0.15, -0.1) is 0 Å². The molecule has 15 heavy (non-hydrogen) atoms. The molecule has 0 N–H and O–H groups in total. The summed E-state index contributed by atoms with van der Waals surface area (Å²) in [5.41, 5.74) is 0. The second-order valence-corrected chi connectivity index (χ2v) is 4.87. The van der Waals surface area contributed by atoms with Crippen molar-refractivity contribution in [3.8, 4) is 0 Å². The molecule has 1 saturated carbocycles. The standard InChI is InChI=1S/C11H21BrO3/c1-3-5-13-6-7-15-10-8-9(12)11(10)14-4-2/h9-11H,3-8H2,1-2H3. The molecule has 1 rings (SSSR count). The van der Waals surface area contributed by atoms with Gasteiger partial charge in [-0.25, -0.2) is 0 Å². The first-order chi connectivity index (χ1) is 7.29. The van der Waals surface area contributed by atoms with Crippen molar-refractivity contribution in [3.63, 3.8) is 0 Å². The Kier molecular flexibility index (Phi) is 6.81. The van der Waals surface area contributed by atoms with Gasteiger partial charge in [-0.3, -0.25) is 0 Å². The van der Waals surface area contributed by atoms with Gasteiger partial charge < -0.3 is 14.2 Å². The Morgan fingerprint density at radius 2 is 1.93 bits per heavy atom. The molecule has 0 amide bonds. The highest BCUT2D eigenvalue weighted by Crippen LogP contribution is 2.33. The maximum Gasteiger partial charge on any atom is 0.0962 e. The van der Waals surface area contributed by atoms with Gasteiger partial charge in [0.25, 0.3) is 0 Å². The average molecular weight is 281 g/mol. The zero-order valence-electron chi connectivity index (χ0n) is 9.58. The van der Waals surface area contributed by atoms with Crippen LogP contribution in [0.5, 0.6) is 0 Å². The van der Waals surface area contributed by atoms with E-state index in [1.807, 2.05) is 6.92 Å². The molecule has 1 aliphatic rings. The molecule has 90 valence electrons. The third-order valence-corrected chi connectivity index (χ3v) is 3.34. The van der Waals surface area contributed by atoms with Crippen LogP contribution < -0.4 is 0 Å². The first-order valence-corrected chi connectivity index (χ1v) is 6.66. The van der Waals surface area contributed by atoms with Crippen LogP contribution in [0.4, 0.5) is 0 Å². The topological polar surface area (TPSA) is 27.7 Å². The third kappa shape index (κ3) is 4.39. The van der Waals surface area contributed by atoms with Gasteiger partial charge in [0.2, 0.25) is 0 Å². The fourth-order valence-corrected chi connectivity index (χ4v) is 2.46. The summed E-state index contributed by atoms with van der Waals surface area (Å²) < 4.78 is 16.6. The highest BCUT2D eigenvalue weighted by molar-refractivity contribution is 9.09. The van der Waals surface area contributed by atoms with Crippen LogP contribution >= 0.6 is 15.9 Å². The van der Waals surface area contributed by atoms with E-state index in [1.165, 1.54) is 0 Å². The minimum absolute atomic E-state index is 0.223. The Bertz CT molecular complexity index is 166. The van der Waals surface area contributed by atoms with Gasteiger partial charge in [0.1, 0.15) is 0 Å². The Morgan fingerprint density at radius 1 is 1.13 bits per heavy atom. The maximum absolute atomic E-state index is 5.68. The van der Waals surface area contributed by atoms with E-state index in [-0.39, 0.29) is 12.2 Å². The molecule has 4 heteroatoms. The summed E-state index contributed by atoms with van der Waals surface area (Å²) in [6.45, 7) is 7.06. The molecule has 1 fully saturated rings. The Labute approximate surface area is 101 Å². The Balaban J connectivity index is 2.01. The first-order valence-electron chi connectivity index (χ1n) is 5.74. The minimum Gasteiger partial charge on any atom is -0.379 e. The maximum atomic E-state index is 5.68. The second-order valence-electron chi connectivity index (χ2n) is 3.69. The van der Waals surface area contributed by atoms with Crippen LogP contribution in [-0.2, 0) is 14.2 Å². The quantitative estimate of drug-likeness (QED) is 0.505. The summed E-state index contributed by atoms with van der Waals surface area (Å²) >= 11 is 3.57. The number of hydrogen-bond acceptors (Lipinski definition) is 3. The molecule has 0 radical (unpaired) electrons. The highest BCUT2D eigenvalue weighted by Gasteiger charge is 2.40. The van der Waals surface area contributed by atoms with Crippen molar-refractivity contribution in [2.75, 3.05) is 26.4 Å². The lowest BCUT2D eigenvalue weighted by Gasteiger charge is -2.40. The molecule has 3 unspecified atom stereocenters. The van der Waals surface area contributed by atoms with Gasteiger partial charge in [0.05, 0.1) is 25.4 Å². The average Bonchev–Trinajstić information content (AvgIpc) is 2.24.